The molecule has 0 aliphatic heterocycles. The van der Waals surface area contributed by atoms with E-state index in [1.165, 1.54) is 27.5 Å². The summed E-state index contributed by atoms with van der Waals surface area (Å²) in [5, 5.41) is 2.21. The van der Waals surface area contributed by atoms with Gasteiger partial charge in [0, 0.05) is 24.8 Å². The maximum atomic E-state index is 11.6. The van der Waals surface area contributed by atoms with Crippen molar-refractivity contribution in [3.63, 3.8) is 0 Å². The summed E-state index contributed by atoms with van der Waals surface area (Å²) in [6, 6.07) is 0. The third kappa shape index (κ3) is 1.89. The van der Waals surface area contributed by atoms with Gasteiger partial charge in [-0.2, -0.15) is 0 Å². The average Bonchev–Trinajstić information content (AvgIpc) is 2.65. The monoisotopic (exact) mass is 238 g/mol. The van der Waals surface area contributed by atoms with Gasteiger partial charge in [0.2, 0.25) is 0 Å². The van der Waals surface area contributed by atoms with E-state index in [9.17, 15) is 9.59 Å². The number of hydrogen-bond acceptors (Lipinski definition) is 5. The SMILES string of the molecule is Cn1ccn(Cc2csc(N)n2)c(=O)c1=O. The Morgan fingerprint density at radius 1 is 1.38 bits per heavy atom. The van der Waals surface area contributed by atoms with Crippen molar-refractivity contribution in [3.8, 4) is 0 Å². The van der Waals surface area contributed by atoms with Crippen molar-refractivity contribution in [2.24, 2.45) is 7.05 Å². The lowest BCUT2D eigenvalue weighted by Crippen LogP contribution is -2.39. The van der Waals surface area contributed by atoms with Gasteiger partial charge in [-0.25, -0.2) is 4.98 Å². The molecule has 16 heavy (non-hydrogen) atoms. The van der Waals surface area contributed by atoms with E-state index in [1.54, 1.807) is 17.8 Å². The van der Waals surface area contributed by atoms with Gasteiger partial charge in [0.05, 0.1) is 12.2 Å². The molecule has 0 saturated carbocycles. The molecule has 0 fully saturated rings. The number of rotatable bonds is 2. The van der Waals surface area contributed by atoms with Crippen LogP contribution in [-0.4, -0.2) is 14.1 Å². The maximum Gasteiger partial charge on any atom is 0.316 e. The Bertz CT molecular complexity index is 625. The van der Waals surface area contributed by atoms with Crippen LogP contribution in [0.1, 0.15) is 5.69 Å². The van der Waals surface area contributed by atoms with E-state index in [0.717, 1.165) is 0 Å². The predicted octanol–water partition coefficient (Wildman–Crippen LogP) is -0.366. The van der Waals surface area contributed by atoms with Crippen LogP contribution in [0.15, 0.2) is 27.4 Å². The van der Waals surface area contributed by atoms with E-state index >= 15 is 0 Å². The maximum absolute atomic E-state index is 11.6. The van der Waals surface area contributed by atoms with Gasteiger partial charge in [-0.05, 0) is 0 Å². The lowest BCUT2D eigenvalue weighted by atomic mass is 10.4. The van der Waals surface area contributed by atoms with Crippen molar-refractivity contribution in [1.29, 1.82) is 0 Å². The number of aryl methyl sites for hydroxylation is 1. The van der Waals surface area contributed by atoms with E-state index in [2.05, 4.69) is 4.98 Å². The van der Waals surface area contributed by atoms with E-state index in [1.807, 2.05) is 0 Å². The number of nitrogens with zero attached hydrogens (tertiary/aromatic N) is 3. The second kappa shape index (κ2) is 3.93. The summed E-state index contributed by atoms with van der Waals surface area (Å²) < 4.78 is 2.56. The van der Waals surface area contributed by atoms with Crippen molar-refractivity contribution in [1.82, 2.24) is 14.1 Å². The van der Waals surface area contributed by atoms with Gasteiger partial charge >= 0.3 is 11.1 Å². The molecule has 2 aromatic rings. The summed E-state index contributed by atoms with van der Waals surface area (Å²) in [5.74, 6) is 0. The molecule has 0 radical (unpaired) electrons. The molecular formula is C9H10N4O2S. The smallest absolute Gasteiger partial charge is 0.316 e. The molecule has 0 saturated heterocycles. The van der Waals surface area contributed by atoms with Gasteiger partial charge in [0.1, 0.15) is 0 Å². The van der Waals surface area contributed by atoms with Crippen molar-refractivity contribution in [3.05, 3.63) is 44.2 Å². The minimum absolute atomic E-state index is 0.266. The number of anilines is 1. The fourth-order valence-corrected chi connectivity index (χ4v) is 1.84. The molecule has 2 N–H and O–H groups in total. The second-order valence-corrected chi connectivity index (χ2v) is 4.21. The zero-order valence-electron chi connectivity index (χ0n) is 8.58. The minimum atomic E-state index is -0.559. The van der Waals surface area contributed by atoms with E-state index < -0.39 is 11.1 Å². The number of aromatic nitrogens is 3. The molecule has 0 bridgehead atoms. The average molecular weight is 238 g/mol. The zero-order valence-corrected chi connectivity index (χ0v) is 9.40. The van der Waals surface area contributed by atoms with Gasteiger partial charge in [0.25, 0.3) is 0 Å². The first-order valence-corrected chi connectivity index (χ1v) is 5.42. The number of nitrogens with two attached hydrogens (primary N) is 1. The first-order chi connectivity index (χ1) is 7.58. The summed E-state index contributed by atoms with van der Waals surface area (Å²) in [6.45, 7) is 0.266. The molecule has 7 heteroatoms. The highest BCUT2D eigenvalue weighted by Gasteiger charge is 2.05. The third-order valence-corrected chi connectivity index (χ3v) is 2.86. The highest BCUT2D eigenvalue weighted by Crippen LogP contribution is 2.11. The van der Waals surface area contributed by atoms with Gasteiger partial charge < -0.3 is 14.9 Å². The molecule has 0 aliphatic carbocycles. The van der Waals surface area contributed by atoms with Crippen molar-refractivity contribution >= 4 is 16.5 Å². The Morgan fingerprint density at radius 3 is 2.75 bits per heavy atom. The first kappa shape index (κ1) is 10.6. The summed E-state index contributed by atoms with van der Waals surface area (Å²) >= 11 is 1.30. The normalized spacial score (nSPS) is 10.6. The molecule has 0 amide bonds. The molecule has 0 unspecified atom stereocenters. The summed E-state index contributed by atoms with van der Waals surface area (Å²) in [5.41, 5.74) is 5.05. The van der Waals surface area contributed by atoms with Crippen LogP contribution in [0.3, 0.4) is 0 Å². The van der Waals surface area contributed by atoms with Crippen molar-refractivity contribution < 1.29 is 0 Å². The van der Waals surface area contributed by atoms with Gasteiger partial charge in [-0.15, -0.1) is 11.3 Å². The van der Waals surface area contributed by atoms with Crippen LogP contribution in [0.2, 0.25) is 0 Å². The van der Waals surface area contributed by atoms with Crippen LogP contribution in [0, 0.1) is 0 Å². The molecule has 0 aliphatic rings. The summed E-state index contributed by atoms with van der Waals surface area (Å²) in [7, 11) is 1.54. The lowest BCUT2D eigenvalue weighted by Gasteiger charge is -2.03. The summed E-state index contributed by atoms with van der Waals surface area (Å²) in [4.78, 5) is 27.0. The van der Waals surface area contributed by atoms with Gasteiger partial charge in [0.15, 0.2) is 5.13 Å². The van der Waals surface area contributed by atoms with Crippen LogP contribution in [0.4, 0.5) is 5.13 Å². The number of thiazole rings is 1. The summed E-state index contributed by atoms with van der Waals surface area (Å²) in [6.07, 6.45) is 3.10. The van der Waals surface area contributed by atoms with E-state index in [0.29, 0.717) is 10.8 Å². The predicted molar refractivity (Wildman–Crippen MR) is 61.6 cm³/mol. The van der Waals surface area contributed by atoms with Crippen LogP contribution in [-0.2, 0) is 13.6 Å². The minimum Gasteiger partial charge on any atom is -0.375 e. The molecule has 2 aromatic heterocycles. The Labute approximate surface area is 94.6 Å². The Kier molecular flexibility index (Phi) is 2.61. The van der Waals surface area contributed by atoms with Crippen molar-refractivity contribution in [2.75, 3.05) is 5.73 Å². The fraction of sp³-hybridized carbons (Fsp3) is 0.222. The number of nitrogen functional groups attached to an aromatic ring is 1. The molecule has 2 heterocycles. The van der Waals surface area contributed by atoms with Crippen LogP contribution in [0.5, 0.6) is 0 Å². The van der Waals surface area contributed by atoms with Crippen molar-refractivity contribution in [2.45, 2.75) is 6.54 Å². The highest BCUT2D eigenvalue weighted by molar-refractivity contribution is 7.13. The van der Waals surface area contributed by atoms with E-state index in [4.69, 9.17) is 5.73 Å². The van der Waals surface area contributed by atoms with Crippen LogP contribution < -0.4 is 16.9 Å². The first-order valence-electron chi connectivity index (χ1n) is 4.54. The molecule has 84 valence electrons. The van der Waals surface area contributed by atoms with Crippen LogP contribution >= 0.6 is 11.3 Å². The molecule has 0 spiro atoms. The molecular weight excluding hydrogens is 228 g/mol. The molecule has 0 aromatic carbocycles. The second-order valence-electron chi connectivity index (χ2n) is 3.32. The Balaban J connectivity index is 2.40. The molecule has 2 rings (SSSR count). The van der Waals surface area contributed by atoms with E-state index in [-0.39, 0.29) is 6.54 Å². The molecule has 0 atom stereocenters. The quantitative estimate of drug-likeness (QED) is 0.724. The van der Waals surface area contributed by atoms with Crippen LogP contribution in [0.25, 0.3) is 0 Å². The zero-order chi connectivity index (χ0) is 11.7. The fourth-order valence-electron chi connectivity index (χ4n) is 1.28. The standard InChI is InChI=1S/C9H10N4O2S/c1-12-2-3-13(8(15)7(12)14)4-6-5-16-9(10)11-6/h2-3,5H,4H2,1H3,(H2,10,11). The highest BCUT2D eigenvalue weighted by atomic mass is 32.1. The topological polar surface area (TPSA) is 82.9 Å². The van der Waals surface area contributed by atoms with Gasteiger partial charge in [-0.1, -0.05) is 0 Å². The molecule has 6 nitrogen and oxygen atoms in total. The van der Waals surface area contributed by atoms with Gasteiger partial charge in [-0.3, -0.25) is 9.59 Å². The Hall–Kier alpha value is -1.89. The Morgan fingerprint density at radius 2 is 2.12 bits per heavy atom. The third-order valence-electron chi connectivity index (χ3n) is 2.14. The lowest BCUT2D eigenvalue weighted by molar-refractivity contribution is 0.687. The largest absolute Gasteiger partial charge is 0.375 e. The number of hydrogen-bond donors (Lipinski definition) is 1.